The van der Waals surface area contributed by atoms with Crippen LogP contribution in [0.3, 0.4) is 0 Å². The number of aromatic nitrogens is 8. The summed E-state index contributed by atoms with van der Waals surface area (Å²) in [5, 5.41) is 11.3. The molecule has 0 radical (unpaired) electrons. The summed E-state index contributed by atoms with van der Waals surface area (Å²) in [7, 11) is 0. The van der Waals surface area contributed by atoms with Crippen molar-refractivity contribution in [1.29, 1.82) is 0 Å². The quantitative estimate of drug-likeness (QED) is 0.168. The van der Waals surface area contributed by atoms with Crippen molar-refractivity contribution < 1.29 is 22.8 Å². The zero-order valence-corrected chi connectivity index (χ0v) is 37.3. The van der Waals surface area contributed by atoms with Gasteiger partial charge in [-0.1, -0.05) is 24.2 Å². The minimum absolute atomic E-state index is 0.0126. The zero-order valence-electron chi connectivity index (χ0n) is 37.3. The van der Waals surface area contributed by atoms with E-state index in [1.165, 1.54) is 27.1 Å². The highest BCUT2D eigenvalue weighted by Crippen LogP contribution is 2.57. The lowest BCUT2D eigenvalue weighted by atomic mass is 9.82. The van der Waals surface area contributed by atoms with Gasteiger partial charge in [-0.05, 0) is 142 Å². The molecule has 8 heterocycles. The number of imidazole rings is 1. The molecule has 14 nitrogen and oxygen atoms in total. The van der Waals surface area contributed by atoms with Crippen molar-refractivity contribution >= 4 is 27.6 Å². The number of H-pyrrole nitrogens is 1. The van der Waals surface area contributed by atoms with Gasteiger partial charge < -0.3 is 14.2 Å². The highest BCUT2D eigenvalue weighted by molar-refractivity contribution is 6.00. The third kappa shape index (κ3) is 5.93. The van der Waals surface area contributed by atoms with Gasteiger partial charge in [-0.15, -0.1) is 0 Å². The Hall–Kier alpha value is -6.94. The summed E-state index contributed by atoms with van der Waals surface area (Å²) in [4.78, 5) is 52.3. The molecular weight excluding hydrogens is 857 g/mol. The molecule has 8 aromatic rings. The van der Waals surface area contributed by atoms with Crippen LogP contribution in [0.1, 0.15) is 115 Å². The van der Waals surface area contributed by atoms with E-state index in [0.717, 1.165) is 61.7 Å². The molecule has 4 fully saturated rings. The number of aromatic amines is 1. The lowest BCUT2D eigenvalue weighted by molar-refractivity contribution is -0.0132. The predicted molar refractivity (Wildman–Crippen MR) is 243 cm³/mol. The monoisotopic (exact) mass is 903 g/mol. The summed E-state index contributed by atoms with van der Waals surface area (Å²) >= 11 is 0. The molecule has 1 spiro atoms. The van der Waals surface area contributed by atoms with Crippen molar-refractivity contribution in [3.8, 4) is 17.2 Å². The molecule has 2 aliphatic carbocycles. The third-order valence-corrected chi connectivity index (χ3v) is 15.7. The summed E-state index contributed by atoms with van der Waals surface area (Å²) in [5.74, 6) is -0.644. The largest absolute Gasteiger partial charge is 0.438 e. The number of ether oxygens (including phenoxy) is 1. The highest BCUT2D eigenvalue weighted by Gasteiger charge is 2.59. The van der Waals surface area contributed by atoms with Crippen molar-refractivity contribution in [2.75, 3.05) is 6.61 Å². The molecule has 2 saturated carbocycles. The average molecular weight is 904 g/mol. The van der Waals surface area contributed by atoms with Crippen molar-refractivity contribution in [3.05, 3.63) is 152 Å². The Kier molecular flexibility index (Phi) is 8.60. The molecular formula is C51H47F2N9O5. The van der Waals surface area contributed by atoms with Crippen LogP contribution in [0.25, 0.3) is 38.9 Å². The topological polar surface area (TPSA) is 151 Å². The Morgan fingerprint density at radius 2 is 1.72 bits per heavy atom. The second-order valence-corrected chi connectivity index (χ2v) is 19.7. The van der Waals surface area contributed by atoms with Crippen LogP contribution in [0.5, 0.6) is 0 Å². The van der Waals surface area contributed by atoms with Gasteiger partial charge in [0.1, 0.15) is 22.9 Å². The van der Waals surface area contributed by atoms with Gasteiger partial charge in [-0.25, -0.2) is 23.1 Å². The Bertz CT molecular complexity index is 3490. The SMILES string of the molecule is Cc1cc(-n2nc3c(c2-n2ccn(-c4ccc5ccncc5c4F)c2=O)[C@@H]2CCC[C@H](C3)N2C(=O)c2cc3cc([C@H]4CCOC5(CC5)C4)ccc3n2[C@@]2(c3noc(=O)[nH]3)C[C@@H]2C)cc(C)c1F. The molecule has 2 saturated heterocycles. The number of halogens is 2. The number of amides is 1. The summed E-state index contributed by atoms with van der Waals surface area (Å²) in [6.07, 6.45) is 13.4. The van der Waals surface area contributed by atoms with E-state index in [-0.39, 0.29) is 40.4 Å². The summed E-state index contributed by atoms with van der Waals surface area (Å²) in [5.41, 5.74) is 4.02. The van der Waals surface area contributed by atoms with Gasteiger partial charge in [-0.2, -0.15) is 5.10 Å². The Morgan fingerprint density at radius 1 is 0.910 bits per heavy atom. The second-order valence-electron chi connectivity index (χ2n) is 19.7. The highest BCUT2D eigenvalue weighted by atomic mass is 19.1. The van der Waals surface area contributed by atoms with Crippen LogP contribution in [-0.2, 0) is 16.7 Å². The van der Waals surface area contributed by atoms with Gasteiger partial charge in [0.15, 0.2) is 11.6 Å². The van der Waals surface area contributed by atoms with Crippen molar-refractivity contribution in [2.24, 2.45) is 5.92 Å². The molecule has 5 aromatic heterocycles. The van der Waals surface area contributed by atoms with E-state index in [1.54, 1.807) is 61.3 Å². The van der Waals surface area contributed by atoms with E-state index < -0.39 is 28.8 Å². The number of nitrogens with zero attached hydrogens (tertiary/aromatic N) is 8. The maximum Gasteiger partial charge on any atom is 0.438 e. The van der Waals surface area contributed by atoms with Crippen LogP contribution in [0, 0.1) is 31.4 Å². The number of nitrogens with one attached hydrogen (secondary N) is 1. The molecule has 2 bridgehead atoms. The number of hydrogen-bond acceptors (Lipinski definition) is 8. The van der Waals surface area contributed by atoms with Crippen LogP contribution < -0.4 is 11.4 Å². The molecule has 3 aliphatic heterocycles. The van der Waals surface area contributed by atoms with E-state index in [9.17, 15) is 9.59 Å². The number of carbonyl (C=O) groups excluding carboxylic acids is 1. The molecule has 5 aliphatic rings. The fourth-order valence-electron chi connectivity index (χ4n) is 12.1. The van der Waals surface area contributed by atoms with E-state index in [0.29, 0.717) is 70.3 Å². The van der Waals surface area contributed by atoms with Crippen LogP contribution in [0.2, 0.25) is 0 Å². The number of rotatable bonds is 7. The second kappa shape index (κ2) is 14.3. The molecule has 3 aromatic carbocycles. The van der Waals surface area contributed by atoms with Crippen molar-refractivity contribution in [1.82, 2.24) is 43.5 Å². The molecule has 16 heteroatoms. The molecule has 0 unspecified atom stereocenters. The first-order valence-corrected chi connectivity index (χ1v) is 23.3. The van der Waals surface area contributed by atoms with Crippen LogP contribution >= 0.6 is 0 Å². The fourth-order valence-corrected chi connectivity index (χ4v) is 12.1. The lowest BCUT2D eigenvalue weighted by Crippen LogP contribution is -2.50. The average Bonchev–Trinajstić information content (AvgIpc) is 3.86. The van der Waals surface area contributed by atoms with Crippen LogP contribution in [-0.4, -0.2) is 67.7 Å². The van der Waals surface area contributed by atoms with Gasteiger partial charge in [-0.3, -0.25) is 28.4 Å². The molecule has 5 atom stereocenters. The van der Waals surface area contributed by atoms with Crippen molar-refractivity contribution in [3.63, 3.8) is 0 Å². The number of piperidine rings is 1. The standard InChI is InChI=1S/C51H47F2N9O5/c1-27-19-35(20-28(2)43(27)52)62-45(59-17-16-58(49(59)65)40-10-7-30-11-15-54-26-36(30)44(40)53)42-37(56-62)23-34-5-4-6-39(42)60(34)46(63)41-22-33-21-31(32-12-18-66-50(25-32)13-14-50)8-9-38(33)61(41)51(24-29(51)3)47-55-48(64)67-57-47/h7-11,15-17,19-22,26,29,32,34,39H,4-6,12-14,18,23-25H2,1-3H3,(H,55,57,64)/t29-,32-,34+,39-,51-/m0/s1. The molecule has 13 rings (SSSR count). The maximum atomic E-state index is 16.2. The first-order chi connectivity index (χ1) is 32.4. The zero-order chi connectivity index (χ0) is 45.7. The molecule has 1 N–H and O–H groups in total. The first kappa shape index (κ1) is 40.3. The maximum absolute atomic E-state index is 16.2. The number of hydrogen-bond donors (Lipinski definition) is 1. The van der Waals surface area contributed by atoms with Gasteiger partial charge in [0.25, 0.3) is 5.91 Å². The summed E-state index contributed by atoms with van der Waals surface area (Å²) in [6, 6.07) is 16.2. The third-order valence-electron chi connectivity index (χ3n) is 15.7. The van der Waals surface area contributed by atoms with Crippen LogP contribution in [0.4, 0.5) is 8.78 Å². The van der Waals surface area contributed by atoms with Crippen molar-refractivity contribution in [2.45, 2.75) is 108 Å². The van der Waals surface area contributed by atoms with E-state index >= 15 is 13.6 Å². The molecule has 67 heavy (non-hydrogen) atoms. The Balaban J connectivity index is 0.980. The number of pyridine rings is 1. The predicted octanol–water partition coefficient (Wildman–Crippen LogP) is 8.39. The van der Waals surface area contributed by atoms with E-state index in [2.05, 4.69) is 44.8 Å². The minimum Gasteiger partial charge on any atom is -0.375 e. The van der Waals surface area contributed by atoms with E-state index in [4.69, 9.17) is 14.4 Å². The van der Waals surface area contributed by atoms with Gasteiger partial charge >= 0.3 is 11.4 Å². The van der Waals surface area contributed by atoms with Gasteiger partial charge in [0, 0.05) is 65.7 Å². The molecule has 340 valence electrons. The lowest BCUT2D eigenvalue weighted by Gasteiger charge is -2.46. The Morgan fingerprint density at radius 3 is 2.48 bits per heavy atom. The number of benzene rings is 3. The van der Waals surface area contributed by atoms with Gasteiger partial charge in [0.2, 0.25) is 0 Å². The summed E-state index contributed by atoms with van der Waals surface area (Å²) in [6.45, 7) is 6.20. The van der Waals surface area contributed by atoms with Crippen LogP contribution in [0.15, 0.2) is 93.5 Å². The molecule has 1 amide bonds. The number of carbonyl (C=O) groups is 1. The smallest absolute Gasteiger partial charge is 0.375 e. The minimum atomic E-state index is -0.841. The van der Waals surface area contributed by atoms with E-state index in [1.807, 2.05) is 11.0 Å². The fraction of sp³-hybridized carbons (Fsp3) is 0.373. The summed E-state index contributed by atoms with van der Waals surface area (Å²) < 4.78 is 49.3. The number of fused-ring (bicyclic) bond motifs is 6. The van der Waals surface area contributed by atoms with Gasteiger partial charge in [0.05, 0.1) is 28.7 Å². The Labute approximate surface area is 381 Å². The number of aryl methyl sites for hydroxylation is 2. The first-order valence-electron chi connectivity index (χ1n) is 23.3. The normalized spacial score (nSPS) is 23.9.